The number of rotatable bonds is 20. The molecule has 2 aromatic heterocycles. The number of para-hydroxylation sites is 1. The number of nitrogens with zero attached hydrogens (tertiary/aromatic N) is 6. The summed E-state index contributed by atoms with van der Waals surface area (Å²) >= 11 is 0. The second-order valence-corrected chi connectivity index (χ2v) is 20.4. The van der Waals surface area contributed by atoms with Gasteiger partial charge in [-0.1, -0.05) is 18.2 Å². The minimum absolute atomic E-state index is 0.00507. The van der Waals surface area contributed by atoms with E-state index in [1.165, 1.54) is 12.7 Å². The summed E-state index contributed by atoms with van der Waals surface area (Å²) in [5.41, 5.74) is 2.26. The van der Waals surface area contributed by atoms with Crippen LogP contribution in [0.15, 0.2) is 152 Å². The molecule has 5 aromatic carbocycles. The van der Waals surface area contributed by atoms with Gasteiger partial charge in [-0.05, 0) is 0 Å². The summed E-state index contributed by atoms with van der Waals surface area (Å²) in [4.78, 5) is 54.5. The number of benzene rings is 5. The molecule has 0 radical (unpaired) electrons. The standard InChI is InChI=1S/C54H59N8O9P/c1-36(2)62(37(3)4)72(65,32-16-31-55)71-47-45(33-68-54(39-19-12-8-13-20-39,40-23-27-43(66-5)28-24-40)41-25-29-44(67-6)30-26-41)69-52(48(47)70-53(64)59-42-21-14-9-15-22-42)61-35-58-46-49(56-34-57-50(46)61)60-51(63)38-17-10-7-11-18-38/h7-15,17-30,34-37,45,47-48,52,65,72H,16,32-33H2,1-6H3,(H,59,64)(H,56,57,60,63)/t45-,47-,48-,52-/m1/s1. The Morgan fingerprint density at radius 2 is 1.35 bits per heavy atom. The van der Waals surface area contributed by atoms with Gasteiger partial charge in [0.15, 0.2) is 0 Å². The number of anilines is 2. The predicted octanol–water partition coefficient (Wildman–Crippen LogP) is 9.52. The van der Waals surface area contributed by atoms with Crippen molar-refractivity contribution in [3.8, 4) is 17.6 Å². The van der Waals surface area contributed by atoms with Crippen LogP contribution in [0.2, 0.25) is 0 Å². The molecule has 1 saturated heterocycles. The number of ether oxygens (including phenoxy) is 5. The fraction of sp³-hybridized carbons (Fsp3) is 0.296. The van der Waals surface area contributed by atoms with Crippen molar-refractivity contribution in [2.75, 3.05) is 37.6 Å². The van der Waals surface area contributed by atoms with Gasteiger partial charge in [0.2, 0.25) is 0 Å². The Balaban J connectivity index is 1.29. The first-order chi connectivity index (χ1) is 34.9. The fourth-order valence-electron chi connectivity index (χ4n) is 9.40. The first-order valence-corrected chi connectivity index (χ1v) is 25.7. The van der Waals surface area contributed by atoms with E-state index in [-0.39, 0.29) is 48.3 Å². The molecule has 17 nitrogen and oxygen atoms in total. The summed E-state index contributed by atoms with van der Waals surface area (Å²) in [5.74, 6) is 0.997. The van der Waals surface area contributed by atoms with E-state index in [0.29, 0.717) is 22.7 Å². The van der Waals surface area contributed by atoms with Gasteiger partial charge < -0.3 is 0 Å². The maximum atomic E-state index is 14.3. The molecule has 3 heterocycles. The summed E-state index contributed by atoms with van der Waals surface area (Å²) in [6, 6.07) is 44.2. The number of amides is 2. The van der Waals surface area contributed by atoms with E-state index in [4.69, 9.17) is 28.2 Å². The number of hydrogen-bond acceptors (Lipinski definition) is 14. The average Bonchev–Trinajstić information content (AvgIpc) is 3.97. The van der Waals surface area contributed by atoms with E-state index in [1.54, 1.807) is 67.3 Å². The molecule has 374 valence electrons. The van der Waals surface area contributed by atoms with Crippen LogP contribution in [0, 0.1) is 11.3 Å². The summed E-state index contributed by atoms with van der Waals surface area (Å²) < 4.78 is 42.9. The van der Waals surface area contributed by atoms with Crippen LogP contribution in [0.25, 0.3) is 11.2 Å². The van der Waals surface area contributed by atoms with E-state index >= 15 is 0 Å². The first-order valence-electron chi connectivity index (χ1n) is 23.6. The third kappa shape index (κ3) is 10.9. The van der Waals surface area contributed by atoms with Gasteiger partial charge in [-0.25, -0.2) is 0 Å². The molecule has 2 amide bonds. The molecule has 0 spiro atoms. The Morgan fingerprint density at radius 3 is 1.92 bits per heavy atom. The molecule has 0 saturated carbocycles. The number of fused-ring (bicyclic) bond motifs is 1. The van der Waals surface area contributed by atoms with Crippen molar-refractivity contribution in [2.45, 2.75) is 76.3 Å². The van der Waals surface area contributed by atoms with E-state index in [9.17, 15) is 19.7 Å². The van der Waals surface area contributed by atoms with Gasteiger partial charge >= 0.3 is 402 Å². The van der Waals surface area contributed by atoms with Crippen LogP contribution in [0.4, 0.5) is 16.3 Å². The number of aromatic nitrogens is 4. The fourth-order valence-corrected chi connectivity index (χ4v) is 12.7. The Labute approximate surface area is 419 Å². The molecule has 1 aliphatic heterocycles. The molecule has 3 N–H and O–H groups in total. The Bertz CT molecular complexity index is 2890. The zero-order valence-electron chi connectivity index (χ0n) is 40.9. The van der Waals surface area contributed by atoms with Gasteiger partial charge in [0, 0.05) is 0 Å². The number of imidazole rings is 1. The quantitative estimate of drug-likeness (QED) is 0.0481. The van der Waals surface area contributed by atoms with Crippen molar-refractivity contribution in [3.05, 3.63) is 174 Å². The maximum absolute atomic E-state index is 14.3. The summed E-state index contributed by atoms with van der Waals surface area (Å²) in [6.45, 7) is 7.58. The van der Waals surface area contributed by atoms with Crippen molar-refractivity contribution >= 4 is 42.5 Å². The molecule has 0 bridgehead atoms. The molecule has 72 heavy (non-hydrogen) atoms. The number of hydrogen-bond donors (Lipinski definition) is 3. The van der Waals surface area contributed by atoms with Crippen molar-refractivity contribution in [1.82, 2.24) is 24.2 Å². The minimum atomic E-state index is -4.18. The molecule has 18 heteroatoms. The third-order valence-electron chi connectivity index (χ3n) is 12.5. The van der Waals surface area contributed by atoms with E-state index in [2.05, 4.69) is 31.7 Å². The molecule has 1 aliphatic rings. The second-order valence-electron chi connectivity index (χ2n) is 17.7. The van der Waals surface area contributed by atoms with Crippen LogP contribution < -0.4 is 20.1 Å². The molecular weight excluding hydrogens is 936 g/mol. The van der Waals surface area contributed by atoms with Crippen molar-refractivity contribution in [3.63, 3.8) is 0 Å². The zero-order valence-corrected chi connectivity index (χ0v) is 41.9. The van der Waals surface area contributed by atoms with Gasteiger partial charge in [-0.2, -0.15) is 0 Å². The van der Waals surface area contributed by atoms with Gasteiger partial charge in [0.1, 0.15) is 0 Å². The van der Waals surface area contributed by atoms with E-state index < -0.39 is 50.0 Å². The third-order valence-corrected chi connectivity index (χ3v) is 15.9. The molecule has 0 unspecified atom stereocenters. The van der Waals surface area contributed by atoms with Crippen molar-refractivity contribution in [2.24, 2.45) is 0 Å². The molecule has 0 aliphatic carbocycles. The Morgan fingerprint density at radius 1 is 0.778 bits per heavy atom. The van der Waals surface area contributed by atoms with Gasteiger partial charge in [-0.15, -0.1) is 0 Å². The average molecular weight is 995 g/mol. The summed E-state index contributed by atoms with van der Waals surface area (Å²) in [5, 5.41) is 15.7. The number of carbonyl (C=O) groups excluding carboxylic acids is 2. The van der Waals surface area contributed by atoms with Gasteiger partial charge in [0.05, 0.1) is 0 Å². The van der Waals surface area contributed by atoms with Crippen LogP contribution in [0.3, 0.4) is 0 Å². The summed E-state index contributed by atoms with van der Waals surface area (Å²) in [7, 11) is -0.975. The van der Waals surface area contributed by atoms with E-state index in [1.807, 2.05) is 123 Å². The van der Waals surface area contributed by atoms with Crippen molar-refractivity contribution < 1.29 is 42.7 Å². The van der Waals surface area contributed by atoms with Crippen LogP contribution >= 0.6 is 7.87 Å². The molecule has 7 aromatic rings. The number of carbonyl (C=O) groups is 2. The van der Waals surface area contributed by atoms with Gasteiger partial charge in [-0.3, -0.25) is 0 Å². The van der Waals surface area contributed by atoms with Crippen LogP contribution in [0.5, 0.6) is 11.5 Å². The van der Waals surface area contributed by atoms with E-state index in [0.717, 1.165) is 16.7 Å². The molecule has 4 atom stereocenters. The number of nitrogens with one attached hydrogen (secondary N) is 2. The molecule has 1 fully saturated rings. The molecular formula is C54H59N8O9P. The molecule has 8 rings (SSSR count). The monoisotopic (exact) mass is 994 g/mol. The summed E-state index contributed by atoms with van der Waals surface area (Å²) in [6.07, 6.45) is -3.07. The number of nitriles is 1. The first kappa shape index (κ1) is 51.1. The van der Waals surface area contributed by atoms with Gasteiger partial charge in [0.25, 0.3) is 0 Å². The van der Waals surface area contributed by atoms with Crippen LogP contribution in [0.1, 0.15) is 67.4 Å². The van der Waals surface area contributed by atoms with Crippen molar-refractivity contribution in [1.29, 1.82) is 5.26 Å². The normalized spacial score (nSPS) is 17.2. The Hall–Kier alpha value is -7.29. The topological polar surface area (TPSA) is 204 Å². The van der Waals surface area contributed by atoms with Crippen LogP contribution in [-0.4, -0.2) is 98.5 Å². The Kier molecular flexibility index (Phi) is 16.2. The SMILES string of the molecule is COc1ccc(C(OC[C@H]2O[C@@H](n3cnc4c(NC(=O)c5ccccc5)ncnc43)[C@H](OC(=O)Nc3ccccc3)[C@@H]2O[PH](O)(CCC#N)N(C(C)C)C(C)C)(c2ccccc2)c2ccc(OC)cc2)cc1. The predicted molar refractivity (Wildman–Crippen MR) is 275 cm³/mol. The second kappa shape index (κ2) is 22.9. The number of methoxy groups -OCH3 is 2. The van der Waals surface area contributed by atoms with Crippen LogP contribution in [-0.2, 0) is 24.3 Å². The zero-order chi connectivity index (χ0) is 50.8.